The molecule has 0 N–H and O–H groups in total. The molecule has 1 aromatic carbocycles. The highest BCUT2D eigenvalue weighted by Gasteiger charge is 2.08. The van der Waals surface area contributed by atoms with Gasteiger partial charge in [-0.1, -0.05) is 35.2 Å². The predicted molar refractivity (Wildman–Crippen MR) is 70.1 cm³/mol. The average Bonchev–Trinajstić information content (AvgIpc) is 2.35. The molecular weight excluding hydrogens is 228 g/mol. The first-order valence-corrected chi connectivity index (χ1v) is 5.97. The molecule has 18 heavy (non-hydrogen) atoms. The number of carbonyl (C=O) groups excluding carboxylic acids is 1. The Kier molecular flexibility index (Phi) is 5.77. The summed E-state index contributed by atoms with van der Waals surface area (Å²) >= 11 is 0. The van der Waals surface area contributed by atoms with Gasteiger partial charge in [-0.3, -0.25) is 4.79 Å². The Bertz CT molecular complexity index is 438. The summed E-state index contributed by atoms with van der Waals surface area (Å²) in [5.41, 5.74) is 1.23. The monoisotopic (exact) mass is 246 g/mol. The molecular formula is C14H18N2O2. The minimum Gasteiger partial charge on any atom is -0.595 e. The van der Waals surface area contributed by atoms with Gasteiger partial charge in [0.15, 0.2) is 11.8 Å². The standard InChI is InChI=1S/C14H18N2O2/c1-12(13(2)17)15-16(18)11-7-6-10-14-8-4-3-5-9-14/h3-5,7-9,11-12H,6,10H2,1-2H3/b11-7+,16-15?/t12-/m0/s1. The number of nitrogens with zero attached hydrogens (tertiary/aromatic N) is 2. The van der Waals surface area contributed by atoms with Crippen LogP contribution >= 0.6 is 0 Å². The number of hydrogen-bond acceptors (Lipinski definition) is 3. The molecule has 1 aromatic rings. The summed E-state index contributed by atoms with van der Waals surface area (Å²) in [5.74, 6) is -0.117. The van der Waals surface area contributed by atoms with Crippen LogP contribution in [-0.2, 0) is 11.2 Å². The van der Waals surface area contributed by atoms with Crippen molar-refractivity contribution in [1.29, 1.82) is 0 Å². The summed E-state index contributed by atoms with van der Waals surface area (Å²) in [6, 6.07) is 9.46. The summed E-state index contributed by atoms with van der Waals surface area (Å²) < 4.78 is 0. The first-order valence-electron chi connectivity index (χ1n) is 5.97. The summed E-state index contributed by atoms with van der Waals surface area (Å²) in [5, 5.41) is 14.9. The van der Waals surface area contributed by atoms with Gasteiger partial charge in [0.1, 0.15) is 0 Å². The molecule has 0 aromatic heterocycles. The van der Waals surface area contributed by atoms with E-state index in [4.69, 9.17) is 0 Å². The molecule has 0 spiro atoms. The molecule has 1 rings (SSSR count). The largest absolute Gasteiger partial charge is 0.595 e. The second-order valence-corrected chi connectivity index (χ2v) is 4.11. The lowest BCUT2D eigenvalue weighted by Gasteiger charge is -1.99. The zero-order valence-corrected chi connectivity index (χ0v) is 10.7. The van der Waals surface area contributed by atoms with E-state index < -0.39 is 6.04 Å². The quantitative estimate of drug-likeness (QED) is 0.440. The number of benzene rings is 1. The Labute approximate surface area is 107 Å². The fourth-order valence-electron chi connectivity index (χ4n) is 1.35. The van der Waals surface area contributed by atoms with Gasteiger partial charge >= 0.3 is 0 Å². The summed E-state index contributed by atoms with van der Waals surface area (Å²) in [6.07, 6.45) is 4.76. The number of hydroxylamine groups is 1. The van der Waals surface area contributed by atoms with E-state index in [0.29, 0.717) is 4.86 Å². The van der Waals surface area contributed by atoms with Crippen molar-refractivity contribution in [3.8, 4) is 0 Å². The molecule has 0 aliphatic heterocycles. The van der Waals surface area contributed by atoms with Crippen LogP contribution in [0.1, 0.15) is 25.8 Å². The summed E-state index contributed by atoms with van der Waals surface area (Å²) in [6.45, 7) is 3.02. The maximum atomic E-state index is 11.3. The number of rotatable bonds is 6. The van der Waals surface area contributed by atoms with Gasteiger partial charge in [-0.05, 0) is 43.4 Å². The lowest BCUT2D eigenvalue weighted by atomic mass is 10.1. The second-order valence-electron chi connectivity index (χ2n) is 4.11. The van der Waals surface area contributed by atoms with E-state index >= 15 is 0 Å². The molecule has 0 bridgehead atoms. The molecule has 0 amide bonds. The lowest BCUT2D eigenvalue weighted by Crippen LogP contribution is -2.12. The SMILES string of the molecule is CC(=O)[C@H](C)N=[N+]([O-])/C=C/CCc1ccccc1. The topological polar surface area (TPSA) is 55.5 Å². The number of carbonyl (C=O) groups is 1. The van der Waals surface area contributed by atoms with E-state index in [9.17, 15) is 10.0 Å². The van der Waals surface area contributed by atoms with Crippen LogP contribution in [0.3, 0.4) is 0 Å². The highest BCUT2D eigenvalue weighted by molar-refractivity contribution is 5.80. The van der Waals surface area contributed by atoms with Crippen molar-refractivity contribution < 1.29 is 9.66 Å². The van der Waals surface area contributed by atoms with Crippen molar-refractivity contribution >= 4 is 5.78 Å². The highest BCUT2D eigenvalue weighted by Crippen LogP contribution is 2.03. The third kappa shape index (κ3) is 5.39. The molecule has 4 heteroatoms. The van der Waals surface area contributed by atoms with Gasteiger partial charge in [-0.2, -0.15) is 0 Å². The van der Waals surface area contributed by atoms with Crippen molar-refractivity contribution in [3.05, 3.63) is 53.4 Å². The maximum Gasteiger partial charge on any atom is 0.205 e. The van der Waals surface area contributed by atoms with E-state index in [2.05, 4.69) is 5.11 Å². The normalized spacial score (nSPS) is 13.8. The molecule has 0 saturated heterocycles. The molecule has 0 saturated carbocycles. The molecule has 0 fully saturated rings. The highest BCUT2D eigenvalue weighted by atomic mass is 16.5. The number of hydrogen-bond donors (Lipinski definition) is 0. The van der Waals surface area contributed by atoms with Crippen LogP contribution in [0, 0.1) is 5.21 Å². The van der Waals surface area contributed by atoms with Crippen LogP contribution in [-0.4, -0.2) is 16.7 Å². The van der Waals surface area contributed by atoms with E-state index in [1.807, 2.05) is 30.3 Å². The predicted octanol–water partition coefficient (Wildman–Crippen LogP) is 3.07. The van der Waals surface area contributed by atoms with Crippen LogP contribution in [0.15, 0.2) is 47.7 Å². The minimum absolute atomic E-state index is 0.117. The summed E-state index contributed by atoms with van der Waals surface area (Å²) in [7, 11) is 0. The van der Waals surface area contributed by atoms with Crippen molar-refractivity contribution in [2.24, 2.45) is 5.11 Å². The van der Waals surface area contributed by atoms with E-state index in [1.165, 1.54) is 18.7 Å². The molecule has 0 aliphatic carbocycles. The summed E-state index contributed by atoms with van der Waals surface area (Å²) in [4.78, 5) is 11.4. The van der Waals surface area contributed by atoms with Gasteiger partial charge in [0.2, 0.25) is 6.20 Å². The Morgan fingerprint density at radius 2 is 2.11 bits per heavy atom. The van der Waals surface area contributed by atoms with Crippen molar-refractivity contribution in [1.82, 2.24) is 0 Å². The fraction of sp³-hybridized carbons (Fsp3) is 0.357. The number of Topliss-reactive ketones (excluding diaryl/α,β-unsaturated/α-hetero) is 1. The number of ketones is 1. The first-order chi connectivity index (χ1) is 8.59. The van der Waals surface area contributed by atoms with Gasteiger partial charge in [0.05, 0.1) is 0 Å². The lowest BCUT2D eigenvalue weighted by molar-refractivity contribution is -0.461. The smallest absolute Gasteiger partial charge is 0.205 e. The van der Waals surface area contributed by atoms with Crippen molar-refractivity contribution in [3.63, 3.8) is 0 Å². The third-order valence-corrected chi connectivity index (χ3v) is 2.55. The fourth-order valence-corrected chi connectivity index (χ4v) is 1.35. The van der Waals surface area contributed by atoms with Crippen LogP contribution in [0.4, 0.5) is 0 Å². The molecule has 0 radical (unpaired) electrons. The molecule has 0 aliphatic rings. The van der Waals surface area contributed by atoms with Crippen LogP contribution in [0.25, 0.3) is 0 Å². The third-order valence-electron chi connectivity index (χ3n) is 2.55. The van der Waals surface area contributed by atoms with Crippen LogP contribution in [0.5, 0.6) is 0 Å². The van der Waals surface area contributed by atoms with Gasteiger partial charge < -0.3 is 5.21 Å². The maximum absolute atomic E-state index is 11.3. The van der Waals surface area contributed by atoms with Gasteiger partial charge in [-0.15, -0.1) is 0 Å². The molecule has 96 valence electrons. The van der Waals surface area contributed by atoms with Gasteiger partial charge in [-0.25, -0.2) is 0 Å². The van der Waals surface area contributed by atoms with Crippen LogP contribution < -0.4 is 0 Å². The van der Waals surface area contributed by atoms with Gasteiger partial charge in [0, 0.05) is 0 Å². The van der Waals surface area contributed by atoms with E-state index in [1.54, 1.807) is 13.0 Å². The zero-order chi connectivity index (χ0) is 13.4. The zero-order valence-electron chi connectivity index (χ0n) is 10.7. The van der Waals surface area contributed by atoms with E-state index in [-0.39, 0.29) is 5.78 Å². The molecule has 1 atom stereocenters. The van der Waals surface area contributed by atoms with Gasteiger partial charge in [0.25, 0.3) is 0 Å². The number of allylic oxidation sites excluding steroid dienone is 1. The Morgan fingerprint density at radius 1 is 1.44 bits per heavy atom. The number of aryl methyl sites for hydroxylation is 1. The van der Waals surface area contributed by atoms with Crippen molar-refractivity contribution in [2.75, 3.05) is 0 Å². The minimum atomic E-state index is -0.582. The Hall–Kier alpha value is -1.97. The van der Waals surface area contributed by atoms with Crippen LogP contribution in [0.2, 0.25) is 0 Å². The molecule has 0 unspecified atom stereocenters. The number of azo groups is 1. The molecule has 4 nitrogen and oxygen atoms in total. The Morgan fingerprint density at radius 3 is 2.72 bits per heavy atom. The van der Waals surface area contributed by atoms with E-state index in [0.717, 1.165) is 12.8 Å². The van der Waals surface area contributed by atoms with Crippen molar-refractivity contribution in [2.45, 2.75) is 32.7 Å². The Balaban J connectivity index is 2.39. The first kappa shape index (κ1) is 14.1. The average molecular weight is 246 g/mol. The molecule has 0 heterocycles. The second kappa shape index (κ2) is 7.37.